The monoisotopic (exact) mass is 239 g/mol. The zero-order valence-corrected chi connectivity index (χ0v) is 8.22. The van der Waals surface area contributed by atoms with Crippen LogP contribution in [0.4, 0.5) is 8.78 Å². The summed E-state index contributed by atoms with van der Waals surface area (Å²) >= 11 is 1.02. The van der Waals surface area contributed by atoms with Gasteiger partial charge in [0.25, 0.3) is 0 Å². The molecule has 0 atom stereocenters. The lowest BCUT2D eigenvalue weighted by Gasteiger charge is -2.26. The van der Waals surface area contributed by atoms with Gasteiger partial charge >= 0.3 is 11.9 Å². The smallest absolute Gasteiger partial charge is 0.376 e. The fourth-order valence-corrected chi connectivity index (χ4v) is 1.73. The third-order valence-corrected chi connectivity index (χ3v) is 2.62. The van der Waals surface area contributed by atoms with Crippen molar-refractivity contribution in [3.63, 3.8) is 0 Å². The number of amides is 2. The minimum atomic E-state index is -4.09. The van der Waals surface area contributed by atoms with E-state index in [1.54, 1.807) is 0 Å². The van der Waals surface area contributed by atoms with Gasteiger partial charge in [-0.05, 0) is 0 Å². The molecule has 84 valence electrons. The summed E-state index contributed by atoms with van der Waals surface area (Å²) in [7, 11) is 0. The Hall–Kier alpha value is -1.18. The standard InChI is InChI=1S/C7H7F2NO4S/c8-7(9,6(13)14)3-10-4(11)1-15-2-5(10)12/h1-3H2,(H,13,14). The molecule has 2 amide bonds. The molecule has 0 aromatic carbocycles. The number of imide groups is 1. The predicted molar refractivity (Wildman–Crippen MR) is 46.6 cm³/mol. The summed E-state index contributed by atoms with van der Waals surface area (Å²) in [4.78, 5) is 32.5. The summed E-state index contributed by atoms with van der Waals surface area (Å²) in [6.45, 7) is -1.39. The van der Waals surface area contributed by atoms with E-state index in [2.05, 4.69) is 0 Å². The van der Waals surface area contributed by atoms with Crippen molar-refractivity contribution in [3.8, 4) is 0 Å². The van der Waals surface area contributed by atoms with Crippen molar-refractivity contribution < 1.29 is 28.3 Å². The maximum atomic E-state index is 12.7. The maximum absolute atomic E-state index is 12.7. The molecule has 0 unspecified atom stereocenters. The normalized spacial score (nSPS) is 18.1. The number of nitrogens with zero attached hydrogens (tertiary/aromatic N) is 1. The summed E-state index contributed by atoms with van der Waals surface area (Å²) in [5, 5.41) is 8.14. The molecule has 0 bridgehead atoms. The highest BCUT2D eigenvalue weighted by Gasteiger charge is 2.44. The Balaban J connectivity index is 2.75. The van der Waals surface area contributed by atoms with Crippen LogP contribution >= 0.6 is 11.8 Å². The topological polar surface area (TPSA) is 74.7 Å². The van der Waals surface area contributed by atoms with Crippen molar-refractivity contribution >= 4 is 29.5 Å². The van der Waals surface area contributed by atoms with Crippen LogP contribution in [0.2, 0.25) is 0 Å². The number of hydrogen-bond donors (Lipinski definition) is 1. The van der Waals surface area contributed by atoms with Crippen LogP contribution in [0.25, 0.3) is 0 Å². The molecule has 0 spiro atoms. The van der Waals surface area contributed by atoms with Crippen LogP contribution in [0.1, 0.15) is 0 Å². The van der Waals surface area contributed by atoms with Crippen LogP contribution in [0.5, 0.6) is 0 Å². The van der Waals surface area contributed by atoms with Gasteiger partial charge in [0.15, 0.2) is 0 Å². The quantitative estimate of drug-likeness (QED) is 0.691. The molecular formula is C7H7F2NO4S. The molecule has 1 N–H and O–H groups in total. The number of alkyl halides is 2. The molecule has 1 heterocycles. The number of carboxylic acid groups (broad SMARTS) is 1. The minimum Gasteiger partial charge on any atom is -0.477 e. The third-order valence-electron chi connectivity index (χ3n) is 1.72. The predicted octanol–water partition coefficient (Wildman–Crippen LogP) is -0.192. The van der Waals surface area contributed by atoms with Crippen LogP contribution in [0, 0.1) is 0 Å². The third kappa shape index (κ3) is 2.65. The average molecular weight is 239 g/mol. The van der Waals surface area contributed by atoms with Crippen molar-refractivity contribution in [1.82, 2.24) is 4.90 Å². The highest BCUT2D eigenvalue weighted by Crippen LogP contribution is 2.20. The van der Waals surface area contributed by atoms with Crippen molar-refractivity contribution in [1.29, 1.82) is 0 Å². The Morgan fingerprint density at radius 3 is 2.27 bits per heavy atom. The molecule has 1 fully saturated rings. The summed E-state index contributed by atoms with van der Waals surface area (Å²) in [6.07, 6.45) is 0. The molecule has 0 aliphatic carbocycles. The summed E-state index contributed by atoms with van der Waals surface area (Å²) < 4.78 is 25.5. The second-order valence-corrected chi connectivity index (χ2v) is 3.86. The first-order valence-corrected chi connectivity index (χ1v) is 5.02. The number of carboxylic acids is 1. The first-order valence-electron chi connectivity index (χ1n) is 3.87. The summed E-state index contributed by atoms with van der Waals surface area (Å²) in [6, 6.07) is 0. The number of halogens is 2. The van der Waals surface area contributed by atoms with Gasteiger partial charge in [0.1, 0.15) is 6.54 Å². The molecule has 0 aromatic heterocycles. The summed E-state index contributed by atoms with van der Waals surface area (Å²) in [5.41, 5.74) is 0. The van der Waals surface area contributed by atoms with Crippen molar-refractivity contribution in [2.75, 3.05) is 18.1 Å². The fraction of sp³-hybridized carbons (Fsp3) is 0.571. The molecule has 1 saturated heterocycles. The fourth-order valence-electron chi connectivity index (χ4n) is 0.963. The Kier molecular flexibility index (Phi) is 3.28. The molecule has 1 aliphatic heterocycles. The van der Waals surface area contributed by atoms with E-state index in [4.69, 9.17) is 5.11 Å². The second kappa shape index (κ2) is 4.13. The van der Waals surface area contributed by atoms with Crippen LogP contribution in [-0.2, 0) is 14.4 Å². The van der Waals surface area contributed by atoms with E-state index in [9.17, 15) is 23.2 Å². The molecule has 0 aromatic rings. The Morgan fingerprint density at radius 2 is 1.87 bits per heavy atom. The molecule has 1 rings (SSSR count). The lowest BCUT2D eigenvalue weighted by atomic mass is 10.3. The van der Waals surface area contributed by atoms with E-state index >= 15 is 0 Å². The van der Waals surface area contributed by atoms with Gasteiger partial charge in [-0.3, -0.25) is 14.5 Å². The Bertz CT molecular complexity index is 304. The molecule has 0 radical (unpaired) electrons. The van der Waals surface area contributed by atoms with E-state index in [1.165, 1.54) is 0 Å². The summed E-state index contributed by atoms with van der Waals surface area (Å²) in [5.74, 6) is -8.16. The van der Waals surface area contributed by atoms with E-state index in [0.717, 1.165) is 11.8 Å². The zero-order chi connectivity index (χ0) is 11.6. The van der Waals surface area contributed by atoms with Gasteiger partial charge in [-0.25, -0.2) is 4.79 Å². The Labute approximate surface area is 87.4 Å². The Morgan fingerprint density at radius 1 is 1.40 bits per heavy atom. The van der Waals surface area contributed by atoms with Crippen LogP contribution in [0.3, 0.4) is 0 Å². The van der Waals surface area contributed by atoms with Gasteiger partial charge in [-0.1, -0.05) is 0 Å². The van der Waals surface area contributed by atoms with Gasteiger partial charge in [0.2, 0.25) is 11.8 Å². The van der Waals surface area contributed by atoms with Crippen LogP contribution in [-0.4, -0.2) is 51.8 Å². The average Bonchev–Trinajstić information content (AvgIpc) is 2.11. The first-order chi connectivity index (χ1) is 6.84. The van der Waals surface area contributed by atoms with Crippen LogP contribution in [0.15, 0.2) is 0 Å². The molecule has 0 saturated carbocycles. The highest BCUT2D eigenvalue weighted by atomic mass is 32.2. The minimum absolute atomic E-state index is 0.0819. The largest absolute Gasteiger partial charge is 0.477 e. The highest BCUT2D eigenvalue weighted by molar-refractivity contribution is 8.00. The molecule has 1 aliphatic rings. The number of thioether (sulfide) groups is 1. The van der Waals surface area contributed by atoms with E-state index in [0.29, 0.717) is 4.90 Å². The lowest BCUT2D eigenvalue weighted by molar-refractivity contribution is -0.170. The number of aliphatic carboxylic acids is 1. The van der Waals surface area contributed by atoms with Gasteiger partial charge in [0, 0.05) is 0 Å². The number of carbonyl (C=O) groups is 3. The van der Waals surface area contributed by atoms with Crippen molar-refractivity contribution in [2.24, 2.45) is 0 Å². The van der Waals surface area contributed by atoms with E-state index in [-0.39, 0.29) is 11.5 Å². The van der Waals surface area contributed by atoms with Crippen LogP contribution < -0.4 is 0 Å². The number of hydrogen-bond acceptors (Lipinski definition) is 4. The number of carbonyl (C=O) groups excluding carboxylic acids is 2. The number of rotatable bonds is 3. The first kappa shape index (κ1) is 11.9. The maximum Gasteiger partial charge on any atom is 0.376 e. The molecule has 15 heavy (non-hydrogen) atoms. The van der Waals surface area contributed by atoms with Gasteiger partial charge in [-0.2, -0.15) is 8.78 Å². The lowest BCUT2D eigenvalue weighted by Crippen LogP contribution is -2.51. The zero-order valence-electron chi connectivity index (χ0n) is 7.40. The molecular weight excluding hydrogens is 232 g/mol. The van der Waals surface area contributed by atoms with Gasteiger partial charge in [-0.15, -0.1) is 11.8 Å². The van der Waals surface area contributed by atoms with Gasteiger partial charge < -0.3 is 5.11 Å². The van der Waals surface area contributed by atoms with E-state index in [1.807, 2.05) is 0 Å². The molecule has 5 nitrogen and oxygen atoms in total. The SMILES string of the molecule is O=C1CSCC(=O)N1CC(F)(F)C(=O)O. The van der Waals surface area contributed by atoms with Gasteiger partial charge in [0.05, 0.1) is 11.5 Å². The van der Waals surface area contributed by atoms with Crippen molar-refractivity contribution in [2.45, 2.75) is 5.92 Å². The van der Waals surface area contributed by atoms with Crippen molar-refractivity contribution in [3.05, 3.63) is 0 Å². The molecule has 8 heteroatoms. The second-order valence-electron chi connectivity index (χ2n) is 2.88. The van der Waals surface area contributed by atoms with E-state index < -0.39 is 30.3 Å².